The molecule has 1 amide bonds. The molecule has 0 aliphatic rings. The molecule has 0 heterocycles. The molecule has 1 rings (SSSR count). The highest BCUT2D eigenvalue weighted by molar-refractivity contribution is 6.33. The largest absolute Gasteiger partial charge is 0.383 e. The van der Waals surface area contributed by atoms with Crippen LogP contribution in [0.3, 0.4) is 0 Å². The second kappa shape index (κ2) is 6.87. The van der Waals surface area contributed by atoms with Crippen molar-refractivity contribution in [3.63, 3.8) is 0 Å². The number of carbonyl (C=O) groups excluding carboxylic acids is 1. The van der Waals surface area contributed by atoms with Gasteiger partial charge in [-0.3, -0.25) is 4.79 Å². The van der Waals surface area contributed by atoms with Gasteiger partial charge in [0.05, 0.1) is 22.3 Å². The lowest BCUT2D eigenvalue weighted by molar-refractivity contribution is -0.121. The number of amides is 1. The van der Waals surface area contributed by atoms with E-state index in [1.54, 1.807) is 18.2 Å². The van der Waals surface area contributed by atoms with Crippen molar-refractivity contribution in [1.29, 1.82) is 5.26 Å². The Balaban J connectivity index is 2.49. The second-order valence-electron chi connectivity index (χ2n) is 4.21. The van der Waals surface area contributed by atoms with Crippen LogP contribution in [0.15, 0.2) is 18.2 Å². The van der Waals surface area contributed by atoms with E-state index in [-0.39, 0.29) is 11.9 Å². The smallest absolute Gasteiger partial charge is 0.221 e. The number of nitriles is 1. The quantitative estimate of drug-likeness (QED) is 0.860. The summed E-state index contributed by atoms with van der Waals surface area (Å²) in [5, 5.41) is 15.2. The molecule has 18 heavy (non-hydrogen) atoms. The van der Waals surface area contributed by atoms with Crippen LogP contribution < -0.4 is 10.6 Å². The summed E-state index contributed by atoms with van der Waals surface area (Å²) in [6, 6.07) is 7.17. The molecule has 1 aromatic carbocycles. The molecule has 0 atom stereocenters. The van der Waals surface area contributed by atoms with Crippen molar-refractivity contribution in [1.82, 2.24) is 5.32 Å². The molecular weight excluding hydrogens is 250 g/mol. The fourth-order valence-electron chi connectivity index (χ4n) is 1.44. The van der Waals surface area contributed by atoms with Gasteiger partial charge in [-0.25, -0.2) is 0 Å². The van der Waals surface area contributed by atoms with Gasteiger partial charge < -0.3 is 10.6 Å². The fraction of sp³-hybridized carbons (Fsp3) is 0.385. The van der Waals surface area contributed by atoms with Crippen molar-refractivity contribution in [2.45, 2.75) is 26.3 Å². The summed E-state index contributed by atoms with van der Waals surface area (Å²) in [6.45, 7) is 4.31. The Hall–Kier alpha value is -1.73. The van der Waals surface area contributed by atoms with E-state index in [0.29, 0.717) is 29.2 Å². The first-order chi connectivity index (χ1) is 8.52. The molecule has 0 radical (unpaired) electrons. The number of rotatable bonds is 5. The summed E-state index contributed by atoms with van der Waals surface area (Å²) in [7, 11) is 0. The van der Waals surface area contributed by atoms with Crippen LogP contribution in [0, 0.1) is 11.3 Å². The lowest BCUT2D eigenvalue weighted by Gasteiger charge is -2.10. The molecule has 0 unspecified atom stereocenters. The van der Waals surface area contributed by atoms with Gasteiger partial charge in [0, 0.05) is 19.0 Å². The van der Waals surface area contributed by atoms with Gasteiger partial charge in [0.15, 0.2) is 0 Å². The minimum Gasteiger partial charge on any atom is -0.383 e. The van der Waals surface area contributed by atoms with Crippen LogP contribution in [0.25, 0.3) is 0 Å². The second-order valence-corrected chi connectivity index (χ2v) is 4.61. The maximum Gasteiger partial charge on any atom is 0.221 e. The normalized spacial score (nSPS) is 9.94. The highest BCUT2D eigenvalue weighted by Gasteiger charge is 2.05. The van der Waals surface area contributed by atoms with Gasteiger partial charge in [0.1, 0.15) is 0 Å². The van der Waals surface area contributed by atoms with E-state index in [2.05, 4.69) is 10.6 Å². The standard InChI is InChI=1S/C13H16ClN3O/c1-9(2)17-13(18)5-6-16-12-7-10(8-15)3-4-11(12)14/h3-4,7,9,16H,5-6H2,1-2H3,(H,17,18). The summed E-state index contributed by atoms with van der Waals surface area (Å²) in [4.78, 5) is 11.4. The van der Waals surface area contributed by atoms with Crippen LogP contribution in [0.5, 0.6) is 0 Å². The number of benzene rings is 1. The van der Waals surface area contributed by atoms with Crippen LogP contribution in [0.1, 0.15) is 25.8 Å². The number of anilines is 1. The molecule has 5 heteroatoms. The summed E-state index contributed by atoms with van der Waals surface area (Å²) >= 11 is 5.98. The highest BCUT2D eigenvalue weighted by Crippen LogP contribution is 2.22. The average molecular weight is 266 g/mol. The molecular formula is C13H16ClN3O. The Kier molecular flexibility index (Phi) is 5.47. The van der Waals surface area contributed by atoms with Gasteiger partial charge in [-0.2, -0.15) is 5.26 Å². The van der Waals surface area contributed by atoms with Gasteiger partial charge in [-0.05, 0) is 32.0 Å². The van der Waals surface area contributed by atoms with E-state index >= 15 is 0 Å². The Morgan fingerprint density at radius 1 is 1.50 bits per heavy atom. The van der Waals surface area contributed by atoms with Gasteiger partial charge in [-0.15, -0.1) is 0 Å². The molecule has 0 saturated carbocycles. The average Bonchev–Trinajstić information content (AvgIpc) is 2.30. The fourth-order valence-corrected chi connectivity index (χ4v) is 1.62. The number of halogens is 1. The van der Waals surface area contributed by atoms with E-state index in [1.165, 1.54) is 0 Å². The van der Waals surface area contributed by atoms with E-state index in [4.69, 9.17) is 16.9 Å². The van der Waals surface area contributed by atoms with Crippen molar-refractivity contribution in [2.24, 2.45) is 0 Å². The zero-order chi connectivity index (χ0) is 13.5. The number of nitrogens with zero attached hydrogens (tertiary/aromatic N) is 1. The molecule has 0 spiro atoms. The van der Waals surface area contributed by atoms with E-state index in [0.717, 1.165) is 0 Å². The number of hydrogen-bond acceptors (Lipinski definition) is 3. The molecule has 0 fully saturated rings. The molecule has 0 bridgehead atoms. The molecule has 96 valence electrons. The molecule has 4 nitrogen and oxygen atoms in total. The maximum atomic E-state index is 11.4. The van der Waals surface area contributed by atoms with Gasteiger partial charge in [0.25, 0.3) is 0 Å². The Bertz CT molecular complexity index is 466. The van der Waals surface area contributed by atoms with Crippen molar-refractivity contribution in [3.8, 4) is 6.07 Å². The zero-order valence-corrected chi connectivity index (χ0v) is 11.2. The third-order valence-electron chi connectivity index (χ3n) is 2.21. The van der Waals surface area contributed by atoms with Crippen LogP contribution in [0.2, 0.25) is 5.02 Å². The summed E-state index contributed by atoms with van der Waals surface area (Å²) < 4.78 is 0. The van der Waals surface area contributed by atoms with Crippen molar-refractivity contribution >= 4 is 23.2 Å². The summed E-state index contributed by atoms with van der Waals surface area (Å²) in [5.74, 6) is -0.00920. The zero-order valence-electron chi connectivity index (χ0n) is 10.5. The van der Waals surface area contributed by atoms with Crippen molar-refractivity contribution in [3.05, 3.63) is 28.8 Å². The number of nitrogens with one attached hydrogen (secondary N) is 2. The predicted octanol–water partition coefficient (Wildman–Crippen LogP) is 2.54. The monoisotopic (exact) mass is 265 g/mol. The van der Waals surface area contributed by atoms with Crippen molar-refractivity contribution in [2.75, 3.05) is 11.9 Å². The summed E-state index contributed by atoms with van der Waals surface area (Å²) in [6.07, 6.45) is 0.366. The molecule has 0 aliphatic carbocycles. The Labute approximate surface area is 112 Å². The molecule has 0 aromatic heterocycles. The van der Waals surface area contributed by atoms with E-state index in [9.17, 15) is 4.79 Å². The Morgan fingerprint density at radius 2 is 2.22 bits per heavy atom. The van der Waals surface area contributed by atoms with E-state index in [1.807, 2.05) is 19.9 Å². The first-order valence-corrected chi connectivity index (χ1v) is 6.13. The SMILES string of the molecule is CC(C)NC(=O)CCNc1cc(C#N)ccc1Cl. The van der Waals surface area contributed by atoms with Gasteiger partial charge >= 0.3 is 0 Å². The number of carbonyl (C=O) groups is 1. The minimum atomic E-state index is -0.00920. The predicted molar refractivity (Wildman–Crippen MR) is 72.6 cm³/mol. The van der Waals surface area contributed by atoms with Gasteiger partial charge in [0.2, 0.25) is 5.91 Å². The maximum absolute atomic E-state index is 11.4. The third-order valence-corrected chi connectivity index (χ3v) is 2.54. The molecule has 2 N–H and O–H groups in total. The highest BCUT2D eigenvalue weighted by atomic mass is 35.5. The van der Waals surface area contributed by atoms with Crippen LogP contribution in [0.4, 0.5) is 5.69 Å². The third kappa shape index (κ3) is 4.64. The topological polar surface area (TPSA) is 64.9 Å². The first-order valence-electron chi connectivity index (χ1n) is 5.76. The van der Waals surface area contributed by atoms with Crippen LogP contribution in [-0.4, -0.2) is 18.5 Å². The van der Waals surface area contributed by atoms with Crippen LogP contribution >= 0.6 is 11.6 Å². The first kappa shape index (κ1) is 14.3. The molecule has 0 saturated heterocycles. The minimum absolute atomic E-state index is 0.00920. The molecule has 1 aromatic rings. The van der Waals surface area contributed by atoms with Crippen LogP contribution in [-0.2, 0) is 4.79 Å². The molecule has 0 aliphatic heterocycles. The lowest BCUT2D eigenvalue weighted by Crippen LogP contribution is -2.31. The van der Waals surface area contributed by atoms with E-state index < -0.39 is 0 Å². The number of hydrogen-bond donors (Lipinski definition) is 2. The van der Waals surface area contributed by atoms with Crippen molar-refractivity contribution < 1.29 is 4.79 Å². The van der Waals surface area contributed by atoms with Gasteiger partial charge in [-0.1, -0.05) is 11.6 Å². The lowest BCUT2D eigenvalue weighted by atomic mass is 10.2. The summed E-state index contributed by atoms with van der Waals surface area (Å²) in [5.41, 5.74) is 1.21. The Morgan fingerprint density at radius 3 is 2.83 bits per heavy atom.